The molecule has 0 amide bonds. The summed E-state index contributed by atoms with van der Waals surface area (Å²) in [6.45, 7) is 0. The van der Waals surface area contributed by atoms with Crippen LogP contribution in [0.15, 0.2) is 0 Å². The maximum Gasteiger partial charge on any atom is 0.303 e. The van der Waals surface area contributed by atoms with Crippen LogP contribution in [0.4, 0.5) is 0 Å². The van der Waals surface area contributed by atoms with Gasteiger partial charge >= 0.3 is 5.97 Å². The minimum Gasteiger partial charge on any atom is -0.481 e. The SMILES string of the molecule is NC(CCCC(=O)O)C(=O)S. The molecule has 0 radical (unpaired) electrons. The maximum atomic E-state index is 10.4. The van der Waals surface area contributed by atoms with Crippen molar-refractivity contribution in [2.24, 2.45) is 5.73 Å². The van der Waals surface area contributed by atoms with E-state index in [0.717, 1.165) is 0 Å². The van der Waals surface area contributed by atoms with E-state index in [-0.39, 0.29) is 6.42 Å². The van der Waals surface area contributed by atoms with Crippen molar-refractivity contribution < 1.29 is 14.7 Å². The minimum atomic E-state index is -0.871. The Labute approximate surface area is 70.2 Å². The first kappa shape index (κ1) is 10.4. The van der Waals surface area contributed by atoms with Gasteiger partial charge in [-0.2, -0.15) is 0 Å². The summed E-state index contributed by atoms with van der Waals surface area (Å²) >= 11 is 3.51. The second kappa shape index (κ2) is 5.15. The Kier molecular flexibility index (Phi) is 4.89. The van der Waals surface area contributed by atoms with Gasteiger partial charge in [-0.1, -0.05) is 0 Å². The van der Waals surface area contributed by atoms with Crippen LogP contribution in [-0.4, -0.2) is 22.2 Å². The van der Waals surface area contributed by atoms with E-state index in [1.54, 1.807) is 0 Å². The largest absolute Gasteiger partial charge is 0.481 e. The van der Waals surface area contributed by atoms with Gasteiger partial charge in [0.1, 0.15) is 0 Å². The van der Waals surface area contributed by atoms with Crippen molar-refractivity contribution >= 4 is 23.7 Å². The fourth-order valence-electron chi connectivity index (χ4n) is 0.597. The molecule has 0 heterocycles. The number of carboxylic acid groups (broad SMARTS) is 1. The number of carbonyl (C=O) groups is 2. The van der Waals surface area contributed by atoms with E-state index in [1.165, 1.54) is 0 Å². The average Bonchev–Trinajstić information content (AvgIpc) is 1.86. The van der Waals surface area contributed by atoms with Crippen LogP contribution < -0.4 is 5.73 Å². The Morgan fingerprint density at radius 1 is 1.55 bits per heavy atom. The molecule has 0 rings (SSSR count). The van der Waals surface area contributed by atoms with Gasteiger partial charge < -0.3 is 10.8 Å². The molecule has 0 aromatic rings. The van der Waals surface area contributed by atoms with Crippen LogP contribution in [0.5, 0.6) is 0 Å². The van der Waals surface area contributed by atoms with Crippen LogP contribution >= 0.6 is 12.6 Å². The molecule has 1 unspecified atom stereocenters. The molecule has 0 aliphatic carbocycles. The zero-order valence-electron chi connectivity index (χ0n) is 5.99. The number of hydrogen-bond donors (Lipinski definition) is 3. The van der Waals surface area contributed by atoms with Gasteiger partial charge in [0, 0.05) is 6.42 Å². The molecule has 0 spiro atoms. The van der Waals surface area contributed by atoms with Crippen molar-refractivity contribution in [1.29, 1.82) is 0 Å². The molecular formula is C6H11NO3S. The van der Waals surface area contributed by atoms with Crippen LogP contribution in [0.1, 0.15) is 19.3 Å². The van der Waals surface area contributed by atoms with E-state index in [4.69, 9.17) is 10.8 Å². The summed E-state index contributed by atoms with van der Waals surface area (Å²) in [5.41, 5.74) is 5.28. The normalized spacial score (nSPS) is 12.5. The van der Waals surface area contributed by atoms with E-state index in [2.05, 4.69) is 12.6 Å². The van der Waals surface area contributed by atoms with Crippen LogP contribution in [0.3, 0.4) is 0 Å². The Balaban J connectivity index is 3.39. The van der Waals surface area contributed by atoms with Gasteiger partial charge in [-0.05, 0) is 12.8 Å². The first-order valence-electron chi connectivity index (χ1n) is 3.24. The molecule has 0 saturated heterocycles. The van der Waals surface area contributed by atoms with Crippen LogP contribution in [0.25, 0.3) is 0 Å². The van der Waals surface area contributed by atoms with Gasteiger partial charge in [-0.3, -0.25) is 9.59 Å². The van der Waals surface area contributed by atoms with E-state index in [0.29, 0.717) is 12.8 Å². The van der Waals surface area contributed by atoms with Gasteiger partial charge in [0.25, 0.3) is 0 Å². The van der Waals surface area contributed by atoms with Gasteiger partial charge in [-0.25, -0.2) is 0 Å². The third-order valence-corrected chi connectivity index (χ3v) is 1.55. The summed E-state index contributed by atoms with van der Waals surface area (Å²) in [5.74, 6) is -0.871. The summed E-state index contributed by atoms with van der Waals surface area (Å²) < 4.78 is 0. The highest BCUT2D eigenvalue weighted by Gasteiger charge is 2.08. The Morgan fingerprint density at radius 3 is 2.45 bits per heavy atom. The molecule has 0 saturated carbocycles. The second-order valence-electron chi connectivity index (χ2n) is 2.23. The first-order valence-corrected chi connectivity index (χ1v) is 3.69. The van der Waals surface area contributed by atoms with Crippen molar-refractivity contribution in [3.05, 3.63) is 0 Å². The highest BCUT2D eigenvalue weighted by atomic mass is 32.1. The minimum absolute atomic E-state index is 0.0504. The van der Waals surface area contributed by atoms with E-state index < -0.39 is 17.1 Å². The Bertz CT molecular complexity index is 160. The number of carbonyl (C=O) groups excluding carboxylic acids is 1. The summed E-state index contributed by atoms with van der Waals surface area (Å²) in [7, 11) is 0. The first-order chi connectivity index (χ1) is 5.04. The zero-order valence-corrected chi connectivity index (χ0v) is 6.88. The highest BCUT2D eigenvalue weighted by molar-refractivity contribution is 7.96. The fraction of sp³-hybridized carbons (Fsp3) is 0.667. The number of rotatable bonds is 5. The molecule has 0 aliphatic heterocycles. The van der Waals surface area contributed by atoms with Crippen molar-refractivity contribution in [2.45, 2.75) is 25.3 Å². The maximum absolute atomic E-state index is 10.4. The standard InChI is InChI=1S/C6H11NO3S/c7-4(6(10)11)2-1-3-5(8)9/h4H,1-3,7H2,(H,8,9)(H,10,11). The average molecular weight is 177 g/mol. The van der Waals surface area contributed by atoms with E-state index >= 15 is 0 Å². The van der Waals surface area contributed by atoms with Crippen molar-refractivity contribution in [3.63, 3.8) is 0 Å². The van der Waals surface area contributed by atoms with Crippen LogP contribution in [-0.2, 0) is 9.59 Å². The smallest absolute Gasteiger partial charge is 0.303 e. The summed E-state index contributed by atoms with van der Waals surface area (Å²) in [4.78, 5) is 20.4. The summed E-state index contributed by atoms with van der Waals surface area (Å²) in [6.07, 6.45) is 0.853. The van der Waals surface area contributed by atoms with Crippen molar-refractivity contribution in [1.82, 2.24) is 0 Å². The lowest BCUT2D eigenvalue weighted by atomic mass is 10.1. The second-order valence-corrected chi connectivity index (χ2v) is 2.67. The molecule has 0 aromatic carbocycles. The number of carboxylic acids is 1. The van der Waals surface area contributed by atoms with Crippen molar-refractivity contribution in [2.75, 3.05) is 0 Å². The van der Waals surface area contributed by atoms with Gasteiger partial charge in [0.2, 0.25) is 5.12 Å². The lowest BCUT2D eigenvalue weighted by Gasteiger charge is -2.03. The number of hydrogen-bond acceptors (Lipinski definition) is 3. The van der Waals surface area contributed by atoms with Gasteiger partial charge in [0.05, 0.1) is 6.04 Å². The lowest BCUT2D eigenvalue weighted by molar-refractivity contribution is -0.137. The van der Waals surface area contributed by atoms with Gasteiger partial charge in [-0.15, -0.1) is 12.6 Å². The molecule has 0 bridgehead atoms. The summed E-state index contributed by atoms with van der Waals surface area (Å²) in [5, 5.41) is 7.83. The predicted molar refractivity (Wildman–Crippen MR) is 43.5 cm³/mol. The van der Waals surface area contributed by atoms with Crippen LogP contribution in [0.2, 0.25) is 0 Å². The van der Waals surface area contributed by atoms with Crippen LogP contribution in [0, 0.1) is 0 Å². The number of aliphatic carboxylic acids is 1. The van der Waals surface area contributed by atoms with Crippen molar-refractivity contribution in [3.8, 4) is 0 Å². The molecule has 4 nitrogen and oxygen atoms in total. The number of thiol groups is 1. The molecule has 5 heteroatoms. The quantitative estimate of drug-likeness (QED) is 0.517. The lowest BCUT2D eigenvalue weighted by Crippen LogP contribution is -2.26. The monoisotopic (exact) mass is 177 g/mol. The fourth-order valence-corrected chi connectivity index (χ4v) is 0.726. The molecule has 0 aromatic heterocycles. The zero-order chi connectivity index (χ0) is 8.85. The third kappa shape index (κ3) is 5.87. The predicted octanol–water partition coefficient (Wildman–Crippen LogP) is 0.0250. The van der Waals surface area contributed by atoms with Gasteiger partial charge in [0.15, 0.2) is 0 Å². The molecule has 0 aliphatic rings. The molecular weight excluding hydrogens is 166 g/mol. The van der Waals surface area contributed by atoms with E-state index in [9.17, 15) is 9.59 Å². The highest BCUT2D eigenvalue weighted by Crippen LogP contribution is 2.01. The molecule has 0 fully saturated rings. The number of nitrogens with two attached hydrogens (primary N) is 1. The summed E-state index contributed by atoms with van der Waals surface area (Å²) in [6, 6.07) is -0.627. The molecule has 1 atom stereocenters. The molecule has 64 valence electrons. The molecule has 11 heavy (non-hydrogen) atoms. The van der Waals surface area contributed by atoms with E-state index in [1.807, 2.05) is 0 Å². The topological polar surface area (TPSA) is 80.4 Å². The third-order valence-electron chi connectivity index (χ3n) is 1.22. The molecule has 3 N–H and O–H groups in total. The Morgan fingerprint density at radius 2 is 2.09 bits per heavy atom. The Hall–Kier alpha value is -0.550.